The second kappa shape index (κ2) is 8.88. The first kappa shape index (κ1) is 17.7. The van der Waals surface area contributed by atoms with E-state index in [0.717, 1.165) is 19.3 Å². The standard InChI is InChI=1S/C18H23N3O3/c1-2-3-7-15(12-19)21-17(22)13-6-4-8-14(11-13)20-18(23)16-9-5-10-24-16/h4-6,8-11,15H,2-3,7,12,19H2,1H3,(H,20,23)(H,21,22). The fourth-order valence-corrected chi connectivity index (χ4v) is 2.31. The number of anilines is 1. The molecule has 6 nitrogen and oxygen atoms in total. The molecule has 4 N–H and O–H groups in total. The van der Waals surface area contributed by atoms with Crippen molar-refractivity contribution in [2.45, 2.75) is 32.2 Å². The minimum Gasteiger partial charge on any atom is -0.459 e. The van der Waals surface area contributed by atoms with E-state index in [1.165, 1.54) is 6.26 Å². The lowest BCUT2D eigenvalue weighted by atomic mass is 10.1. The summed E-state index contributed by atoms with van der Waals surface area (Å²) < 4.78 is 5.04. The van der Waals surface area contributed by atoms with Crippen molar-refractivity contribution < 1.29 is 14.0 Å². The number of nitrogens with one attached hydrogen (secondary N) is 2. The predicted octanol–water partition coefficient (Wildman–Crippen LogP) is 2.78. The number of amides is 2. The Hall–Kier alpha value is -2.60. The monoisotopic (exact) mass is 329 g/mol. The molecule has 1 unspecified atom stereocenters. The molecule has 0 spiro atoms. The summed E-state index contributed by atoms with van der Waals surface area (Å²) in [7, 11) is 0. The van der Waals surface area contributed by atoms with Gasteiger partial charge >= 0.3 is 0 Å². The first-order valence-electron chi connectivity index (χ1n) is 8.10. The number of furan rings is 1. The Morgan fingerprint density at radius 3 is 2.71 bits per heavy atom. The highest BCUT2D eigenvalue weighted by Crippen LogP contribution is 2.13. The van der Waals surface area contributed by atoms with Crippen molar-refractivity contribution in [3.05, 3.63) is 54.0 Å². The van der Waals surface area contributed by atoms with Crippen LogP contribution in [0.1, 0.15) is 47.1 Å². The molecule has 0 bridgehead atoms. The maximum absolute atomic E-state index is 12.3. The molecule has 0 saturated carbocycles. The average Bonchev–Trinajstić information content (AvgIpc) is 3.13. The number of benzene rings is 1. The van der Waals surface area contributed by atoms with Gasteiger partial charge in [0.05, 0.1) is 6.26 Å². The van der Waals surface area contributed by atoms with Crippen molar-refractivity contribution in [2.75, 3.05) is 11.9 Å². The van der Waals surface area contributed by atoms with Crippen molar-refractivity contribution in [1.82, 2.24) is 5.32 Å². The third-order valence-corrected chi connectivity index (χ3v) is 3.65. The number of hydrogen-bond donors (Lipinski definition) is 3. The molecule has 1 heterocycles. The zero-order chi connectivity index (χ0) is 17.4. The molecular weight excluding hydrogens is 306 g/mol. The van der Waals surface area contributed by atoms with E-state index in [2.05, 4.69) is 17.6 Å². The molecule has 1 aromatic heterocycles. The molecule has 0 radical (unpaired) electrons. The van der Waals surface area contributed by atoms with E-state index >= 15 is 0 Å². The third kappa shape index (κ3) is 4.96. The number of rotatable bonds is 8. The van der Waals surface area contributed by atoms with Crippen LogP contribution in [0, 0.1) is 0 Å². The molecule has 2 rings (SSSR count). The number of hydrogen-bond acceptors (Lipinski definition) is 4. The van der Waals surface area contributed by atoms with E-state index in [1.54, 1.807) is 36.4 Å². The fourth-order valence-electron chi connectivity index (χ4n) is 2.31. The van der Waals surface area contributed by atoms with Gasteiger partial charge in [-0.05, 0) is 36.8 Å². The summed E-state index contributed by atoms with van der Waals surface area (Å²) in [5.41, 5.74) is 6.71. The van der Waals surface area contributed by atoms with Gasteiger partial charge in [0.2, 0.25) is 0 Å². The van der Waals surface area contributed by atoms with E-state index in [9.17, 15) is 9.59 Å². The van der Waals surface area contributed by atoms with Gasteiger partial charge in [-0.2, -0.15) is 0 Å². The Morgan fingerprint density at radius 1 is 1.21 bits per heavy atom. The summed E-state index contributed by atoms with van der Waals surface area (Å²) in [6.07, 6.45) is 4.36. The zero-order valence-electron chi connectivity index (χ0n) is 13.7. The normalized spacial score (nSPS) is 11.8. The quantitative estimate of drug-likeness (QED) is 0.693. The lowest BCUT2D eigenvalue weighted by Crippen LogP contribution is -2.40. The van der Waals surface area contributed by atoms with Crippen molar-refractivity contribution in [1.29, 1.82) is 0 Å². The Bertz CT molecular complexity index is 668. The first-order chi connectivity index (χ1) is 11.6. The van der Waals surface area contributed by atoms with Crippen molar-refractivity contribution in [2.24, 2.45) is 5.73 Å². The van der Waals surface area contributed by atoms with E-state index < -0.39 is 0 Å². The van der Waals surface area contributed by atoms with E-state index in [1.807, 2.05) is 0 Å². The topological polar surface area (TPSA) is 97.4 Å². The van der Waals surface area contributed by atoms with Crippen LogP contribution in [0.15, 0.2) is 47.1 Å². The Labute approximate surface area is 141 Å². The SMILES string of the molecule is CCCCC(CN)NC(=O)c1cccc(NC(=O)c2ccco2)c1. The van der Waals surface area contributed by atoms with Gasteiger partial charge in [0.15, 0.2) is 5.76 Å². The molecule has 24 heavy (non-hydrogen) atoms. The Morgan fingerprint density at radius 2 is 2.04 bits per heavy atom. The minimum absolute atomic E-state index is 0.0428. The van der Waals surface area contributed by atoms with Gasteiger partial charge in [-0.1, -0.05) is 25.8 Å². The van der Waals surface area contributed by atoms with Crippen molar-refractivity contribution >= 4 is 17.5 Å². The number of nitrogens with two attached hydrogens (primary N) is 1. The maximum Gasteiger partial charge on any atom is 0.291 e. The fraction of sp³-hybridized carbons (Fsp3) is 0.333. The molecule has 0 aliphatic carbocycles. The van der Waals surface area contributed by atoms with Gasteiger partial charge in [0.25, 0.3) is 11.8 Å². The maximum atomic E-state index is 12.3. The highest BCUT2D eigenvalue weighted by Gasteiger charge is 2.14. The summed E-state index contributed by atoms with van der Waals surface area (Å²) in [5.74, 6) is -0.344. The molecule has 0 saturated heterocycles. The second-order valence-corrected chi connectivity index (χ2v) is 5.56. The smallest absolute Gasteiger partial charge is 0.291 e. The summed E-state index contributed by atoms with van der Waals surface area (Å²) in [6, 6.07) is 9.94. The van der Waals surface area contributed by atoms with Crippen LogP contribution in [0.5, 0.6) is 0 Å². The zero-order valence-corrected chi connectivity index (χ0v) is 13.7. The number of carbonyl (C=O) groups is 2. The van der Waals surface area contributed by atoms with Crippen LogP contribution in [-0.2, 0) is 0 Å². The van der Waals surface area contributed by atoms with Crippen LogP contribution in [0.4, 0.5) is 5.69 Å². The molecule has 0 fully saturated rings. The van der Waals surface area contributed by atoms with Crippen LogP contribution in [-0.4, -0.2) is 24.4 Å². The highest BCUT2D eigenvalue weighted by atomic mass is 16.3. The summed E-state index contributed by atoms with van der Waals surface area (Å²) >= 11 is 0. The predicted molar refractivity (Wildman–Crippen MR) is 92.9 cm³/mol. The second-order valence-electron chi connectivity index (χ2n) is 5.56. The summed E-state index contributed by atoms with van der Waals surface area (Å²) in [6.45, 7) is 2.50. The number of carbonyl (C=O) groups excluding carboxylic acids is 2. The Kier molecular flexibility index (Phi) is 6.57. The molecule has 2 aromatic rings. The van der Waals surface area contributed by atoms with E-state index in [4.69, 9.17) is 10.2 Å². The molecule has 1 atom stereocenters. The Balaban J connectivity index is 2.01. The average molecular weight is 329 g/mol. The third-order valence-electron chi connectivity index (χ3n) is 3.65. The van der Waals surface area contributed by atoms with E-state index in [-0.39, 0.29) is 23.6 Å². The molecule has 1 aromatic carbocycles. The molecular formula is C18H23N3O3. The molecule has 2 amide bonds. The van der Waals surface area contributed by atoms with Crippen LogP contribution < -0.4 is 16.4 Å². The van der Waals surface area contributed by atoms with Crippen LogP contribution >= 0.6 is 0 Å². The van der Waals surface area contributed by atoms with Crippen LogP contribution in [0.3, 0.4) is 0 Å². The largest absolute Gasteiger partial charge is 0.459 e. The van der Waals surface area contributed by atoms with Crippen LogP contribution in [0.2, 0.25) is 0 Å². The van der Waals surface area contributed by atoms with Gasteiger partial charge < -0.3 is 20.8 Å². The van der Waals surface area contributed by atoms with E-state index in [0.29, 0.717) is 17.8 Å². The molecule has 6 heteroatoms. The molecule has 0 aliphatic rings. The lowest BCUT2D eigenvalue weighted by Gasteiger charge is -2.16. The first-order valence-corrected chi connectivity index (χ1v) is 8.10. The van der Waals surface area contributed by atoms with Gasteiger partial charge in [0, 0.05) is 23.8 Å². The van der Waals surface area contributed by atoms with Crippen molar-refractivity contribution in [3.63, 3.8) is 0 Å². The van der Waals surface area contributed by atoms with Gasteiger partial charge in [0.1, 0.15) is 0 Å². The highest BCUT2D eigenvalue weighted by molar-refractivity contribution is 6.03. The summed E-state index contributed by atoms with van der Waals surface area (Å²) in [4.78, 5) is 24.3. The van der Waals surface area contributed by atoms with Gasteiger partial charge in [-0.3, -0.25) is 9.59 Å². The molecule has 128 valence electrons. The van der Waals surface area contributed by atoms with Crippen LogP contribution in [0.25, 0.3) is 0 Å². The summed E-state index contributed by atoms with van der Waals surface area (Å²) in [5, 5.41) is 5.63. The lowest BCUT2D eigenvalue weighted by molar-refractivity contribution is 0.0934. The van der Waals surface area contributed by atoms with Gasteiger partial charge in [-0.15, -0.1) is 0 Å². The minimum atomic E-state index is -0.361. The molecule has 0 aliphatic heterocycles. The number of unbranched alkanes of at least 4 members (excludes halogenated alkanes) is 1. The van der Waals surface area contributed by atoms with Crippen molar-refractivity contribution in [3.8, 4) is 0 Å². The van der Waals surface area contributed by atoms with Gasteiger partial charge in [-0.25, -0.2) is 0 Å².